The Morgan fingerprint density at radius 1 is 1.53 bits per heavy atom. The number of carbonyl (C=O) groups is 1. The third-order valence-electron chi connectivity index (χ3n) is 2.74. The van der Waals surface area contributed by atoms with Gasteiger partial charge in [0.25, 0.3) is 0 Å². The van der Waals surface area contributed by atoms with E-state index in [0.29, 0.717) is 22.9 Å². The summed E-state index contributed by atoms with van der Waals surface area (Å²) in [5, 5.41) is 3.58. The summed E-state index contributed by atoms with van der Waals surface area (Å²) in [6.45, 7) is 2.65. The summed E-state index contributed by atoms with van der Waals surface area (Å²) in [7, 11) is 3.39. The van der Waals surface area contributed by atoms with Crippen molar-refractivity contribution in [3.05, 3.63) is 28.8 Å². The Kier molecular flexibility index (Phi) is 5.45. The molecule has 1 aromatic rings. The third kappa shape index (κ3) is 3.45. The summed E-state index contributed by atoms with van der Waals surface area (Å²) < 4.78 is 5.19. The molecule has 0 heterocycles. The van der Waals surface area contributed by atoms with Crippen LogP contribution in [0, 0.1) is 5.92 Å². The number of Topliss-reactive ketones (excluding diaryl/α,β-unsaturated/α-hetero) is 1. The first-order chi connectivity index (χ1) is 8.13. The average Bonchev–Trinajstić information content (AvgIpc) is 2.35. The van der Waals surface area contributed by atoms with Gasteiger partial charge in [0.2, 0.25) is 0 Å². The van der Waals surface area contributed by atoms with Crippen molar-refractivity contribution in [3.63, 3.8) is 0 Å². The SMILES string of the molecule is CCC(CNC)C(=O)c1cc(Cl)ccc1OC. The van der Waals surface area contributed by atoms with Gasteiger partial charge in [-0.25, -0.2) is 0 Å². The van der Waals surface area contributed by atoms with Gasteiger partial charge in [0.15, 0.2) is 5.78 Å². The summed E-state index contributed by atoms with van der Waals surface area (Å²) in [4.78, 5) is 12.3. The van der Waals surface area contributed by atoms with E-state index in [1.54, 1.807) is 25.3 Å². The van der Waals surface area contributed by atoms with E-state index in [-0.39, 0.29) is 11.7 Å². The molecule has 0 saturated heterocycles. The van der Waals surface area contributed by atoms with Crippen LogP contribution in [0.5, 0.6) is 5.75 Å². The molecule has 4 heteroatoms. The predicted octanol–water partition coefficient (Wildman–Crippen LogP) is 2.78. The van der Waals surface area contributed by atoms with Crippen molar-refractivity contribution in [2.75, 3.05) is 20.7 Å². The normalized spacial score (nSPS) is 12.2. The van der Waals surface area contributed by atoms with Gasteiger partial charge in [-0.05, 0) is 31.7 Å². The zero-order chi connectivity index (χ0) is 12.8. The highest BCUT2D eigenvalue weighted by Gasteiger charge is 2.21. The van der Waals surface area contributed by atoms with Crippen LogP contribution in [0.25, 0.3) is 0 Å². The molecule has 0 radical (unpaired) electrons. The summed E-state index contributed by atoms with van der Waals surface area (Å²) >= 11 is 5.92. The topological polar surface area (TPSA) is 38.3 Å². The highest BCUT2D eigenvalue weighted by atomic mass is 35.5. The van der Waals surface area contributed by atoms with E-state index in [1.165, 1.54) is 0 Å². The molecule has 0 aliphatic carbocycles. The van der Waals surface area contributed by atoms with Crippen molar-refractivity contribution in [1.29, 1.82) is 0 Å². The summed E-state index contributed by atoms with van der Waals surface area (Å²) in [6, 6.07) is 5.11. The van der Waals surface area contributed by atoms with E-state index in [4.69, 9.17) is 16.3 Å². The Hall–Kier alpha value is -1.06. The van der Waals surface area contributed by atoms with Crippen LogP contribution in [0.3, 0.4) is 0 Å². The molecule has 0 fully saturated rings. The molecule has 0 aromatic heterocycles. The molecule has 0 aliphatic rings. The van der Waals surface area contributed by atoms with Crippen LogP contribution in [0.2, 0.25) is 5.02 Å². The number of hydrogen-bond donors (Lipinski definition) is 1. The second kappa shape index (κ2) is 6.62. The lowest BCUT2D eigenvalue weighted by molar-refractivity contribution is 0.0913. The number of hydrogen-bond acceptors (Lipinski definition) is 3. The Morgan fingerprint density at radius 2 is 2.24 bits per heavy atom. The largest absolute Gasteiger partial charge is 0.496 e. The number of carbonyl (C=O) groups excluding carboxylic acids is 1. The number of ketones is 1. The Balaban J connectivity index is 3.04. The van der Waals surface area contributed by atoms with Crippen LogP contribution in [0.1, 0.15) is 23.7 Å². The quantitative estimate of drug-likeness (QED) is 0.795. The van der Waals surface area contributed by atoms with Crippen molar-refractivity contribution in [1.82, 2.24) is 5.32 Å². The molecule has 17 heavy (non-hydrogen) atoms. The molecular formula is C13H18ClNO2. The minimum atomic E-state index is -0.0487. The molecule has 3 nitrogen and oxygen atoms in total. The standard InChI is InChI=1S/C13H18ClNO2/c1-4-9(8-15-2)13(16)11-7-10(14)5-6-12(11)17-3/h5-7,9,15H,4,8H2,1-3H3. The van der Waals surface area contributed by atoms with Gasteiger partial charge in [-0.2, -0.15) is 0 Å². The van der Waals surface area contributed by atoms with Gasteiger partial charge in [0, 0.05) is 17.5 Å². The molecule has 1 atom stereocenters. The van der Waals surface area contributed by atoms with Gasteiger partial charge in [-0.15, -0.1) is 0 Å². The van der Waals surface area contributed by atoms with Crippen molar-refractivity contribution in [3.8, 4) is 5.75 Å². The van der Waals surface area contributed by atoms with Gasteiger partial charge < -0.3 is 10.1 Å². The highest BCUT2D eigenvalue weighted by Crippen LogP contribution is 2.25. The number of benzene rings is 1. The average molecular weight is 256 g/mol. The van der Waals surface area contributed by atoms with E-state index in [0.717, 1.165) is 6.42 Å². The number of halogens is 1. The van der Waals surface area contributed by atoms with E-state index < -0.39 is 0 Å². The molecule has 1 aromatic carbocycles. The molecule has 0 amide bonds. The van der Waals surface area contributed by atoms with Crippen LogP contribution >= 0.6 is 11.6 Å². The molecule has 1 rings (SSSR count). The monoisotopic (exact) mass is 255 g/mol. The lowest BCUT2D eigenvalue weighted by atomic mass is 9.94. The van der Waals surface area contributed by atoms with E-state index in [2.05, 4.69) is 5.32 Å². The van der Waals surface area contributed by atoms with Gasteiger partial charge in [0.1, 0.15) is 5.75 Å². The van der Waals surface area contributed by atoms with E-state index in [9.17, 15) is 4.79 Å². The van der Waals surface area contributed by atoms with Crippen LogP contribution in [-0.4, -0.2) is 26.5 Å². The van der Waals surface area contributed by atoms with Crippen molar-refractivity contribution in [2.24, 2.45) is 5.92 Å². The summed E-state index contributed by atoms with van der Waals surface area (Å²) in [5.41, 5.74) is 0.558. The fourth-order valence-electron chi connectivity index (χ4n) is 1.76. The molecule has 94 valence electrons. The first-order valence-electron chi connectivity index (χ1n) is 5.66. The minimum absolute atomic E-state index is 0.0487. The highest BCUT2D eigenvalue weighted by molar-refractivity contribution is 6.31. The molecule has 0 bridgehead atoms. The fourth-order valence-corrected chi connectivity index (χ4v) is 1.93. The Morgan fingerprint density at radius 3 is 2.76 bits per heavy atom. The number of methoxy groups -OCH3 is 1. The number of nitrogens with one attached hydrogen (secondary N) is 1. The number of ether oxygens (including phenoxy) is 1. The predicted molar refractivity (Wildman–Crippen MR) is 70.0 cm³/mol. The Labute approximate surface area is 107 Å². The minimum Gasteiger partial charge on any atom is -0.496 e. The lowest BCUT2D eigenvalue weighted by Crippen LogP contribution is -2.26. The molecule has 1 N–H and O–H groups in total. The van der Waals surface area contributed by atoms with Gasteiger partial charge in [-0.3, -0.25) is 4.79 Å². The van der Waals surface area contributed by atoms with Crippen LogP contribution in [0.15, 0.2) is 18.2 Å². The van der Waals surface area contributed by atoms with E-state index in [1.807, 2.05) is 14.0 Å². The zero-order valence-corrected chi connectivity index (χ0v) is 11.2. The first-order valence-corrected chi connectivity index (χ1v) is 6.04. The lowest BCUT2D eigenvalue weighted by Gasteiger charge is -2.15. The molecule has 0 spiro atoms. The first kappa shape index (κ1) is 14.0. The zero-order valence-electron chi connectivity index (χ0n) is 10.4. The third-order valence-corrected chi connectivity index (χ3v) is 2.98. The van der Waals surface area contributed by atoms with Crippen molar-refractivity contribution >= 4 is 17.4 Å². The van der Waals surface area contributed by atoms with Crippen molar-refractivity contribution < 1.29 is 9.53 Å². The number of rotatable bonds is 6. The van der Waals surface area contributed by atoms with E-state index >= 15 is 0 Å². The van der Waals surface area contributed by atoms with Crippen LogP contribution in [0.4, 0.5) is 0 Å². The maximum Gasteiger partial charge on any atom is 0.170 e. The molecular weight excluding hydrogens is 238 g/mol. The smallest absolute Gasteiger partial charge is 0.170 e. The van der Waals surface area contributed by atoms with Gasteiger partial charge >= 0.3 is 0 Å². The molecule has 0 aliphatic heterocycles. The van der Waals surface area contributed by atoms with Gasteiger partial charge in [0.05, 0.1) is 12.7 Å². The maximum atomic E-state index is 12.3. The second-order valence-electron chi connectivity index (χ2n) is 3.87. The molecule has 0 saturated carbocycles. The second-order valence-corrected chi connectivity index (χ2v) is 4.31. The maximum absolute atomic E-state index is 12.3. The van der Waals surface area contributed by atoms with Crippen LogP contribution in [-0.2, 0) is 0 Å². The van der Waals surface area contributed by atoms with Crippen molar-refractivity contribution in [2.45, 2.75) is 13.3 Å². The van der Waals surface area contributed by atoms with Crippen LogP contribution < -0.4 is 10.1 Å². The summed E-state index contributed by atoms with van der Waals surface area (Å²) in [6.07, 6.45) is 0.787. The Bertz CT molecular complexity index is 393. The van der Waals surface area contributed by atoms with Gasteiger partial charge in [-0.1, -0.05) is 18.5 Å². The fraction of sp³-hybridized carbons (Fsp3) is 0.462. The molecule has 1 unspecified atom stereocenters. The summed E-state index contributed by atoms with van der Waals surface area (Å²) in [5.74, 6) is 0.600.